The molecule has 0 bridgehead atoms. The number of nitrogens with one attached hydrogen (secondary N) is 1. The van der Waals surface area contributed by atoms with Crippen LogP contribution in [0.2, 0.25) is 5.02 Å². The van der Waals surface area contributed by atoms with E-state index >= 15 is 0 Å². The highest BCUT2D eigenvalue weighted by atomic mass is 35.5. The molecule has 4 nitrogen and oxygen atoms in total. The largest absolute Gasteiger partial charge is 0.323 e. The molecule has 0 saturated carbocycles. The minimum Gasteiger partial charge on any atom is -0.323 e. The number of rotatable bonds is 4. The van der Waals surface area contributed by atoms with Crippen LogP contribution in [0.1, 0.15) is 6.42 Å². The molecule has 1 saturated heterocycles. The van der Waals surface area contributed by atoms with Gasteiger partial charge in [0.05, 0.1) is 22.9 Å². The minimum atomic E-state index is -2.94. The first-order chi connectivity index (χ1) is 9.35. The summed E-state index contributed by atoms with van der Waals surface area (Å²) >= 11 is 6.90. The zero-order chi connectivity index (χ0) is 14.8. The summed E-state index contributed by atoms with van der Waals surface area (Å²) in [6, 6.07) is 3.99. The van der Waals surface area contributed by atoms with Crippen LogP contribution in [0.15, 0.2) is 18.2 Å². The number of halogens is 2. The third-order valence-electron chi connectivity index (χ3n) is 2.85. The van der Waals surface area contributed by atoms with E-state index < -0.39 is 15.7 Å². The summed E-state index contributed by atoms with van der Waals surface area (Å²) in [4.78, 5) is 11.7. The third kappa shape index (κ3) is 4.36. The first-order valence-electron chi connectivity index (χ1n) is 5.93. The average Bonchev–Trinajstić information content (AvgIpc) is 2.70. The fourth-order valence-corrected chi connectivity index (χ4v) is 5.47. The van der Waals surface area contributed by atoms with E-state index in [1.165, 1.54) is 23.9 Å². The fraction of sp³-hybridized carbons (Fsp3) is 0.417. The van der Waals surface area contributed by atoms with Gasteiger partial charge in [-0.25, -0.2) is 12.8 Å². The maximum atomic E-state index is 13.5. The van der Waals surface area contributed by atoms with Gasteiger partial charge in [0, 0.05) is 10.3 Å². The molecule has 1 N–H and O–H groups in total. The zero-order valence-electron chi connectivity index (χ0n) is 10.4. The molecule has 1 atom stereocenters. The van der Waals surface area contributed by atoms with Gasteiger partial charge in [0.25, 0.3) is 0 Å². The van der Waals surface area contributed by atoms with Gasteiger partial charge in [-0.15, -0.1) is 11.8 Å². The van der Waals surface area contributed by atoms with Crippen LogP contribution < -0.4 is 5.32 Å². The molecule has 20 heavy (non-hydrogen) atoms. The molecule has 8 heteroatoms. The molecule has 0 aliphatic carbocycles. The molecule has 1 heterocycles. The second kappa shape index (κ2) is 6.32. The molecular formula is C12H13ClFNO3S2. The van der Waals surface area contributed by atoms with Gasteiger partial charge < -0.3 is 5.32 Å². The molecule has 1 aromatic carbocycles. The van der Waals surface area contributed by atoms with Crippen LogP contribution in [0.4, 0.5) is 10.1 Å². The van der Waals surface area contributed by atoms with Crippen molar-refractivity contribution in [1.82, 2.24) is 0 Å². The lowest BCUT2D eigenvalue weighted by atomic mass is 10.3. The molecule has 2 rings (SSSR count). The topological polar surface area (TPSA) is 63.2 Å². The third-order valence-corrected chi connectivity index (χ3v) is 6.36. The summed E-state index contributed by atoms with van der Waals surface area (Å²) in [5.74, 6) is -0.569. The zero-order valence-corrected chi connectivity index (χ0v) is 12.8. The lowest BCUT2D eigenvalue weighted by molar-refractivity contribution is -0.113. The molecule has 0 spiro atoms. The lowest BCUT2D eigenvalue weighted by Gasteiger charge is -2.09. The van der Waals surface area contributed by atoms with E-state index in [-0.39, 0.29) is 39.1 Å². The number of carbonyl (C=O) groups is 1. The number of anilines is 1. The van der Waals surface area contributed by atoms with Crippen molar-refractivity contribution in [2.75, 3.05) is 22.6 Å². The van der Waals surface area contributed by atoms with E-state index in [1.807, 2.05) is 0 Å². The van der Waals surface area contributed by atoms with Gasteiger partial charge in [0.1, 0.15) is 5.82 Å². The summed E-state index contributed by atoms with van der Waals surface area (Å²) in [5.41, 5.74) is 0.0686. The maximum Gasteiger partial charge on any atom is 0.234 e. The number of thioether (sulfide) groups is 1. The van der Waals surface area contributed by atoms with Crippen molar-refractivity contribution in [2.24, 2.45) is 0 Å². The van der Waals surface area contributed by atoms with Gasteiger partial charge in [0.2, 0.25) is 5.91 Å². The molecule has 110 valence electrons. The number of carbonyl (C=O) groups excluding carboxylic acids is 1. The first kappa shape index (κ1) is 15.6. The number of amides is 1. The second-order valence-corrected chi connectivity index (χ2v) is 8.46. The Bertz CT molecular complexity index is 621. The highest BCUT2D eigenvalue weighted by Crippen LogP contribution is 2.25. The molecule has 0 aromatic heterocycles. The Balaban J connectivity index is 1.84. The SMILES string of the molecule is O=C(CS[C@H]1CCS(=O)(=O)C1)Nc1ccc(Cl)cc1F. The van der Waals surface area contributed by atoms with Crippen molar-refractivity contribution in [3.8, 4) is 0 Å². The van der Waals surface area contributed by atoms with E-state index in [9.17, 15) is 17.6 Å². The van der Waals surface area contributed by atoms with Gasteiger partial charge in [-0.3, -0.25) is 4.79 Å². The highest BCUT2D eigenvalue weighted by molar-refractivity contribution is 8.02. The van der Waals surface area contributed by atoms with E-state index in [1.54, 1.807) is 0 Å². The van der Waals surface area contributed by atoms with Crippen molar-refractivity contribution < 1.29 is 17.6 Å². The Morgan fingerprint density at radius 2 is 2.25 bits per heavy atom. The van der Waals surface area contributed by atoms with Crippen molar-refractivity contribution in [1.29, 1.82) is 0 Å². The molecule has 1 aromatic rings. The number of benzene rings is 1. The van der Waals surface area contributed by atoms with Crippen LogP contribution in [-0.4, -0.2) is 36.8 Å². The monoisotopic (exact) mass is 337 g/mol. The molecular weight excluding hydrogens is 325 g/mol. The predicted molar refractivity (Wildman–Crippen MR) is 79.6 cm³/mol. The normalized spacial score (nSPS) is 20.8. The summed E-state index contributed by atoms with van der Waals surface area (Å²) < 4.78 is 36.0. The van der Waals surface area contributed by atoms with Crippen LogP contribution in [0.25, 0.3) is 0 Å². The number of sulfone groups is 1. The Hall–Kier alpha value is -0.790. The predicted octanol–water partition coefficient (Wildman–Crippen LogP) is 2.34. The van der Waals surface area contributed by atoms with E-state index in [2.05, 4.69) is 5.32 Å². The van der Waals surface area contributed by atoms with Crippen LogP contribution in [0.3, 0.4) is 0 Å². The van der Waals surface area contributed by atoms with Crippen LogP contribution in [-0.2, 0) is 14.6 Å². The van der Waals surface area contributed by atoms with Crippen molar-refractivity contribution >= 4 is 44.8 Å². The molecule has 1 amide bonds. The highest BCUT2D eigenvalue weighted by Gasteiger charge is 2.28. The Labute approximate surface area is 126 Å². The van der Waals surface area contributed by atoms with Crippen LogP contribution in [0.5, 0.6) is 0 Å². The summed E-state index contributed by atoms with van der Waals surface area (Å²) in [5, 5.41) is 2.64. The van der Waals surface area contributed by atoms with Crippen molar-refractivity contribution in [3.63, 3.8) is 0 Å². The van der Waals surface area contributed by atoms with E-state index in [0.717, 1.165) is 6.07 Å². The van der Waals surface area contributed by atoms with Gasteiger partial charge in [0.15, 0.2) is 9.84 Å². The number of hydrogen-bond donors (Lipinski definition) is 1. The Morgan fingerprint density at radius 1 is 1.50 bits per heavy atom. The van der Waals surface area contributed by atoms with Gasteiger partial charge in [-0.05, 0) is 24.6 Å². The van der Waals surface area contributed by atoms with Crippen LogP contribution >= 0.6 is 23.4 Å². The van der Waals surface area contributed by atoms with Crippen LogP contribution in [0, 0.1) is 5.82 Å². The standard InChI is InChI=1S/C12H13ClFNO3S2/c13-8-1-2-11(10(14)5-8)15-12(16)6-19-9-3-4-20(17,18)7-9/h1-2,5,9H,3-4,6-7H2,(H,15,16)/t9-/m0/s1. The van der Waals surface area contributed by atoms with Gasteiger partial charge in [-0.1, -0.05) is 11.6 Å². The molecule has 1 fully saturated rings. The van der Waals surface area contributed by atoms with Gasteiger partial charge in [-0.2, -0.15) is 0 Å². The summed E-state index contributed by atoms with van der Waals surface area (Å²) in [6.07, 6.45) is 0.565. The quantitative estimate of drug-likeness (QED) is 0.916. The van der Waals surface area contributed by atoms with E-state index in [4.69, 9.17) is 11.6 Å². The first-order valence-corrected chi connectivity index (χ1v) is 9.17. The van der Waals surface area contributed by atoms with Gasteiger partial charge >= 0.3 is 0 Å². The smallest absolute Gasteiger partial charge is 0.234 e. The maximum absolute atomic E-state index is 13.5. The average molecular weight is 338 g/mol. The summed E-state index contributed by atoms with van der Waals surface area (Å²) in [7, 11) is -2.94. The lowest BCUT2D eigenvalue weighted by Crippen LogP contribution is -2.17. The Kier molecular flexibility index (Phi) is 4.93. The fourth-order valence-electron chi connectivity index (χ4n) is 1.86. The van der Waals surface area contributed by atoms with E-state index in [0.29, 0.717) is 6.42 Å². The second-order valence-electron chi connectivity index (χ2n) is 4.51. The molecule has 1 aliphatic rings. The minimum absolute atomic E-state index is 0.0548. The molecule has 0 radical (unpaired) electrons. The summed E-state index contributed by atoms with van der Waals surface area (Å²) in [6.45, 7) is 0. The molecule has 0 unspecified atom stereocenters. The Morgan fingerprint density at radius 3 is 2.85 bits per heavy atom. The van der Waals surface area contributed by atoms with Crippen molar-refractivity contribution in [3.05, 3.63) is 29.0 Å². The van der Waals surface area contributed by atoms with Crippen molar-refractivity contribution in [2.45, 2.75) is 11.7 Å². The number of hydrogen-bond acceptors (Lipinski definition) is 4. The molecule has 1 aliphatic heterocycles.